The quantitative estimate of drug-likeness (QED) is 0.768. The Hall–Kier alpha value is -0.516. The van der Waals surface area contributed by atoms with Crippen LogP contribution in [0.25, 0.3) is 0 Å². The Kier molecular flexibility index (Phi) is 7.43. The molecule has 0 amide bonds. The maximum atomic E-state index is 4.52. The molecule has 0 spiro atoms. The van der Waals surface area contributed by atoms with E-state index < -0.39 is 0 Å². The number of hydrogen-bond donors (Lipinski definition) is 1. The van der Waals surface area contributed by atoms with Gasteiger partial charge in [0.15, 0.2) is 0 Å². The molecule has 4 nitrogen and oxygen atoms in total. The van der Waals surface area contributed by atoms with Crippen molar-refractivity contribution in [2.24, 2.45) is 0 Å². The molecule has 6 heteroatoms. The van der Waals surface area contributed by atoms with Gasteiger partial charge >= 0.3 is 32.7 Å². The molecular formula is C16H23N4SY+2. The van der Waals surface area contributed by atoms with E-state index in [2.05, 4.69) is 47.1 Å². The number of anilines is 1. The van der Waals surface area contributed by atoms with Crippen LogP contribution in [0.15, 0.2) is 6.07 Å². The first-order chi connectivity index (χ1) is 9.90. The first-order valence-electron chi connectivity index (χ1n) is 7.27. The van der Waals surface area contributed by atoms with Crippen LogP contribution in [-0.2, 0) is 32.7 Å². The Morgan fingerprint density at radius 1 is 1.18 bits per heavy atom. The standard InChI is InChI=1S/C16H23N4S.Y/c1-7-14(13-8-10(4)21-11(13)5)19-16-18-12(6)17-15(20-16)9(2)3;/h8,14H,7H2,1-6H3,(H,17,18,19,20);/q-1;+3. The van der Waals surface area contributed by atoms with E-state index in [1.165, 1.54) is 15.3 Å². The van der Waals surface area contributed by atoms with Crippen LogP contribution in [-0.4, -0.2) is 15.0 Å². The van der Waals surface area contributed by atoms with Gasteiger partial charge in [0.1, 0.15) is 5.82 Å². The van der Waals surface area contributed by atoms with Crippen LogP contribution >= 0.6 is 11.3 Å². The predicted molar refractivity (Wildman–Crippen MR) is 88.7 cm³/mol. The van der Waals surface area contributed by atoms with Crippen LogP contribution in [0, 0.1) is 26.7 Å². The number of nitrogens with zero attached hydrogens (tertiary/aromatic N) is 3. The second-order valence-corrected chi connectivity index (χ2v) is 6.96. The average molecular weight is 392 g/mol. The molecule has 2 aromatic rings. The SMILES string of the molecule is CCC(Nc1nc(C)nc([C-](C)C)n1)c1cc(C)sc1C.[Y+3]. The van der Waals surface area contributed by atoms with E-state index in [4.69, 9.17) is 0 Å². The van der Waals surface area contributed by atoms with Crippen LogP contribution in [0.5, 0.6) is 0 Å². The van der Waals surface area contributed by atoms with Gasteiger partial charge in [-0.25, -0.2) is 4.98 Å². The average Bonchev–Trinajstić information content (AvgIpc) is 2.74. The van der Waals surface area contributed by atoms with E-state index in [1.807, 2.05) is 32.1 Å². The molecule has 0 bridgehead atoms. The van der Waals surface area contributed by atoms with Gasteiger partial charge in [-0.15, -0.1) is 11.3 Å². The molecule has 0 aliphatic carbocycles. The molecule has 0 radical (unpaired) electrons. The van der Waals surface area contributed by atoms with E-state index in [-0.39, 0.29) is 38.8 Å². The molecule has 0 aromatic carbocycles. The molecule has 1 unspecified atom stereocenters. The van der Waals surface area contributed by atoms with Crippen LogP contribution < -0.4 is 5.32 Å². The minimum absolute atomic E-state index is 0. The Labute approximate surface area is 162 Å². The number of rotatable bonds is 5. The number of aromatic nitrogens is 3. The monoisotopic (exact) mass is 392 g/mol. The fraction of sp³-hybridized carbons (Fsp3) is 0.500. The van der Waals surface area contributed by atoms with Gasteiger partial charge in [0.2, 0.25) is 5.95 Å². The molecule has 114 valence electrons. The van der Waals surface area contributed by atoms with Crippen molar-refractivity contribution in [3.05, 3.63) is 39.0 Å². The summed E-state index contributed by atoms with van der Waals surface area (Å²) in [5, 5.41) is 3.47. The minimum atomic E-state index is 0. The molecular weight excluding hydrogens is 369 g/mol. The van der Waals surface area contributed by atoms with Crippen molar-refractivity contribution < 1.29 is 32.7 Å². The topological polar surface area (TPSA) is 50.7 Å². The Morgan fingerprint density at radius 3 is 2.36 bits per heavy atom. The van der Waals surface area contributed by atoms with Crippen LogP contribution in [0.3, 0.4) is 0 Å². The summed E-state index contributed by atoms with van der Waals surface area (Å²) in [5.41, 5.74) is 1.34. The van der Waals surface area contributed by atoms with Crippen molar-refractivity contribution in [2.45, 2.75) is 54.0 Å². The van der Waals surface area contributed by atoms with Crippen molar-refractivity contribution in [3.63, 3.8) is 0 Å². The second-order valence-electron chi connectivity index (χ2n) is 5.50. The predicted octanol–water partition coefficient (Wildman–Crippen LogP) is 4.38. The maximum Gasteiger partial charge on any atom is 3.00 e. The zero-order valence-electron chi connectivity index (χ0n) is 14.2. The maximum absolute atomic E-state index is 4.52. The second kappa shape index (κ2) is 8.37. The summed E-state index contributed by atoms with van der Waals surface area (Å²) in [7, 11) is 0. The van der Waals surface area contributed by atoms with Crippen molar-refractivity contribution in [3.8, 4) is 0 Å². The molecule has 1 N–H and O–H groups in total. The zero-order chi connectivity index (χ0) is 15.6. The smallest absolute Gasteiger partial charge is 0.347 e. The van der Waals surface area contributed by atoms with Crippen LogP contribution in [0.4, 0.5) is 5.95 Å². The number of nitrogens with one attached hydrogen (secondary N) is 1. The molecule has 2 heterocycles. The van der Waals surface area contributed by atoms with Crippen molar-refractivity contribution in [1.82, 2.24) is 15.0 Å². The van der Waals surface area contributed by atoms with Crippen molar-refractivity contribution in [2.75, 3.05) is 5.32 Å². The third kappa shape index (κ3) is 4.74. The van der Waals surface area contributed by atoms with Gasteiger partial charge in [-0.1, -0.05) is 6.92 Å². The third-order valence-corrected chi connectivity index (χ3v) is 4.34. The van der Waals surface area contributed by atoms with E-state index in [1.54, 1.807) is 0 Å². The van der Waals surface area contributed by atoms with Gasteiger partial charge in [-0.05, 0) is 38.8 Å². The minimum Gasteiger partial charge on any atom is -0.347 e. The van der Waals surface area contributed by atoms with E-state index in [0.717, 1.165) is 24.0 Å². The number of thiophene rings is 1. The summed E-state index contributed by atoms with van der Waals surface area (Å²) < 4.78 is 0. The summed E-state index contributed by atoms with van der Waals surface area (Å²) in [6, 6.07) is 2.50. The first-order valence-corrected chi connectivity index (χ1v) is 8.09. The molecule has 2 aromatic heterocycles. The molecule has 22 heavy (non-hydrogen) atoms. The third-order valence-electron chi connectivity index (χ3n) is 3.36. The first kappa shape index (κ1) is 19.5. The van der Waals surface area contributed by atoms with Gasteiger partial charge in [-0.3, -0.25) is 4.98 Å². The summed E-state index contributed by atoms with van der Waals surface area (Å²) in [6.07, 6.45) is 0.992. The van der Waals surface area contributed by atoms with Crippen LogP contribution in [0.2, 0.25) is 0 Å². The summed E-state index contributed by atoms with van der Waals surface area (Å²) in [6.45, 7) is 12.4. The molecule has 0 saturated carbocycles. The zero-order valence-corrected chi connectivity index (χ0v) is 17.8. The Bertz CT molecular complexity index is 625. The van der Waals surface area contributed by atoms with E-state index in [9.17, 15) is 0 Å². The fourth-order valence-electron chi connectivity index (χ4n) is 2.32. The molecule has 0 saturated heterocycles. The molecule has 2 rings (SSSR count). The van der Waals surface area contributed by atoms with Crippen LogP contribution in [0.1, 0.15) is 60.2 Å². The molecule has 0 fully saturated rings. The molecule has 1 atom stereocenters. The molecule has 0 aliphatic rings. The van der Waals surface area contributed by atoms with E-state index in [0.29, 0.717) is 5.95 Å². The normalized spacial score (nSPS) is 11.7. The van der Waals surface area contributed by atoms with Crippen molar-refractivity contribution >= 4 is 17.3 Å². The van der Waals surface area contributed by atoms with Gasteiger partial charge in [0.05, 0.1) is 6.04 Å². The Morgan fingerprint density at radius 2 is 1.86 bits per heavy atom. The van der Waals surface area contributed by atoms with Gasteiger partial charge in [0, 0.05) is 15.6 Å². The summed E-state index contributed by atoms with van der Waals surface area (Å²) >= 11 is 1.84. The largest absolute Gasteiger partial charge is 3.00 e. The van der Waals surface area contributed by atoms with Crippen molar-refractivity contribution in [1.29, 1.82) is 0 Å². The summed E-state index contributed by atoms with van der Waals surface area (Å²) in [4.78, 5) is 16.0. The van der Waals surface area contributed by atoms with Gasteiger partial charge < -0.3 is 11.2 Å². The summed E-state index contributed by atoms with van der Waals surface area (Å²) in [5.74, 6) is 3.27. The molecule has 0 aliphatic heterocycles. The number of hydrogen-bond acceptors (Lipinski definition) is 5. The Balaban J connectivity index is 0.00000242. The van der Waals surface area contributed by atoms with Gasteiger partial charge in [-0.2, -0.15) is 18.8 Å². The van der Waals surface area contributed by atoms with Gasteiger partial charge in [0.25, 0.3) is 0 Å². The number of aryl methyl sites for hydroxylation is 3. The van der Waals surface area contributed by atoms with E-state index >= 15 is 0 Å². The fourth-order valence-corrected chi connectivity index (χ4v) is 3.31.